The second-order valence-corrected chi connectivity index (χ2v) is 15.5. The zero-order valence-electron chi connectivity index (χ0n) is 26.7. The van der Waals surface area contributed by atoms with E-state index in [2.05, 4.69) is 20.1 Å². The molecule has 3 aromatic carbocycles. The molecule has 7 aliphatic rings. The summed E-state index contributed by atoms with van der Waals surface area (Å²) in [5.74, 6) is 0.264. The van der Waals surface area contributed by atoms with Crippen LogP contribution in [-0.4, -0.2) is 83.6 Å². The number of phenolic OH excluding ortho intramolecular Hbond substituents is 1. The first kappa shape index (κ1) is 29.6. The minimum Gasteiger partial charge on any atom is -0.508 e. The fourth-order valence-corrected chi connectivity index (χ4v) is 10.1. The van der Waals surface area contributed by atoms with Crippen molar-refractivity contribution in [2.24, 2.45) is 5.92 Å². The van der Waals surface area contributed by atoms with Gasteiger partial charge in [-0.25, -0.2) is 8.78 Å². The normalized spacial score (nSPS) is 30.3. The molecule has 5 heterocycles. The maximum absolute atomic E-state index is 17.2. The molecule has 4 aliphatic heterocycles. The highest BCUT2D eigenvalue weighted by Gasteiger charge is 2.59. The summed E-state index contributed by atoms with van der Waals surface area (Å²) in [7, 11) is 0. The molecule has 1 aromatic heterocycles. The number of phenols is 1. The van der Waals surface area contributed by atoms with E-state index in [0.29, 0.717) is 69.9 Å². The standard InChI is InChI=1S/C37H38ClF2N5O3/c38-28-11-27-34(33(40)31(28)26-10-24(46)8-20-2-5-29(39)32(30(20)26)37-12-19(13-37)14-37)42-36(43-35(27)45-15-21-3-4-22(16-45)41-21)47-7-1-6-44-17-25-9-23(44)18-48-25/h2,5,8,10-11,19,21-23,25,41,46H,1,3-4,6-7,9,12-18H2. The molecule has 11 rings (SSSR count). The SMILES string of the molecule is Oc1cc(-c2c(Cl)cc3c(N4CC5CCC(C4)N5)nc(OCCCN4CC5CC4CO5)nc3c2F)c2c(C34CC(C3)C4)c(F)ccc2c1. The van der Waals surface area contributed by atoms with E-state index in [9.17, 15) is 5.11 Å². The molecular weight excluding hydrogens is 636 g/mol. The summed E-state index contributed by atoms with van der Waals surface area (Å²) in [6, 6.07) is 9.26. The largest absolute Gasteiger partial charge is 0.508 e. The van der Waals surface area contributed by atoms with E-state index in [0.717, 1.165) is 77.7 Å². The van der Waals surface area contributed by atoms with Crippen molar-refractivity contribution >= 4 is 39.1 Å². The van der Waals surface area contributed by atoms with E-state index in [4.69, 9.17) is 26.1 Å². The van der Waals surface area contributed by atoms with Crippen LogP contribution in [-0.2, 0) is 10.2 Å². The highest BCUT2D eigenvalue weighted by molar-refractivity contribution is 6.35. The van der Waals surface area contributed by atoms with Gasteiger partial charge < -0.3 is 24.8 Å². The monoisotopic (exact) mass is 673 g/mol. The topological polar surface area (TPSA) is 83.0 Å². The minimum atomic E-state index is -0.628. The average Bonchev–Trinajstić information content (AvgIpc) is 3.74. The molecule has 4 atom stereocenters. The molecule has 0 amide bonds. The number of piperazine rings is 1. The number of hydrogen-bond donors (Lipinski definition) is 2. The van der Waals surface area contributed by atoms with Crippen molar-refractivity contribution < 1.29 is 23.4 Å². The first-order valence-electron chi connectivity index (χ1n) is 17.5. The first-order chi connectivity index (χ1) is 23.3. The molecule has 3 aliphatic carbocycles. The summed E-state index contributed by atoms with van der Waals surface area (Å²) in [5, 5.41) is 16.4. The fourth-order valence-electron chi connectivity index (χ4n) is 9.79. The molecule has 4 saturated heterocycles. The third kappa shape index (κ3) is 4.55. The molecule has 48 heavy (non-hydrogen) atoms. The number of likely N-dealkylation sites (tertiary alicyclic amines) is 1. The van der Waals surface area contributed by atoms with Gasteiger partial charge in [0.1, 0.15) is 22.9 Å². The van der Waals surface area contributed by atoms with Crippen molar-refractivity contribution in [2.75, 3.05) is 44.3 Å². The minimum absolute atomic E-state index is 0.0373. The highest BCUT2D eigenvalue weighted by atomic mass is 35.5. The Morgan fingerprint density at radius 1 is 1.06 bits per heavy atom. The number of anilines is 1. The van der Waals surface area contributed by atoms with Crippen LogP contribution < -0.4 is 15.0 Å². The van der Waals surface area contributed by atoms with E-state index >= 15 is 8.78 Å². The van der Waals surface area contributed by atoms with E-state index in [1.165, 1.54) is 12.1 Å². The van der Waals surface area contributed by atoms with Gasteiger partial charge in [-0.2, -0.15) is 9.97 Å². The van der Waals surface area contributed by atoms with Gasteiger partial charge in [-0.3, -0.25) is 4.90 Å². The zero-order valence-corrected chi connectivity index (χ0v) is 27.4. The Labute approximate surface area is 282 Å². The lowest BCUT2D eigenvalue weighted by Gasteiger charge is -2.62. The summed E-state index contributed by atoms with van der Waals surface area (Å²) < 4.78 is 44.9. The van der Waals surface area contributed by atoms with Gasteiger partial charge in [0.05, 0.1) is 24.3 Å². The molecular formula is C37H38ClF2N5O3. The second-order valence-electron chi connectivity index (χ2n) is 15.1. The van der Waals surface area contributed by atoms with E-state index in [-0.39, 0.29) is 39.1 Å². The fraction of sp³-hybridized carbons (Fsp3) is 0.514. The van der Waals surface area contributed by atoms with Crippen molar-refractivity contribution in [2.45, 2.75) is 74.6 Å². The van der Waals surface area contributed by atoms with Gasteiger partial charge in [0.2, 0.25) is 0 Å². The lowest BCUT2D eigenvalue weighted by atomic mass is 9.42. The molecule has 6 bridgehead atoms. The molecule has 2 N–H and O–H groups in total. The Hall–Kier alpha value is -3.31. The Morgan fingerprint density at radius 3 is 2.58 bits per heavy atom. The summed E-state index contributed by atoms with van der Waals surface area (Å²) in [6.45, 7) is 4.53. The van der Waals surface area contributed by atoms with Crippen LogP contribution in [0.3, 0.4) is 0 Å². The Balaban J connectivity index is 1.08. The van der Waals surface area contributed by atoms with Gasteiger partial charge in [0.15, 0.2) is 5.82 Å². The maximum atomic E-state index is 17.2. The molecule has 0 spiro atoms. The van der Waals surface area contributed by atoms with E-state index in [1.54, 1.807) is 18.2 Å². The molecule has 8 nitrogen and oxygen atoms in total. The Morgan fingerprint density at radius 2 is 1.88 bits per heavy atom. The van der Waals surface area contributed by atoms with Crippen LogP contribution in [0.2, 0.25) is 5.02 Å². The predicted molar refractivity (Wildman–Crippen MR) is 180 cm³/mol. The summed E-state index contributed by atoms with van der Waals surface area (Å²) >= 11 is 7.03. The van der Waals surface area contributed by atoms with Crippen LogP contribution in [0.15, 0.2) is 30.3 Å². The number of nitrogens with one attached hydrogen (secondary N) is 1. The van der Waals surface area contributed by atoms with Crippen LogP contribution in [0, 0.1) is 17.6 Å². The quantitative estimate of drug-likeness (QED) is 0.210. The van der Waals surface area contributed by atoms with Gasteiger partial charge in [-0.15, -0.1) is 0 Å². The van der Waals surface area contributed by atoms with Crippen molar-refractivity contribution in [3.8, 4) is 22.9 Å². The second kappa shape index (κ2) is 10.8. The Bertz CT molecular complexity index is 1970. The number of nitrogens with zero attached hydrogens (tertiary/aromatic N) is 4. The molecule has 4 aromatic rings. The molecule has 3 saturated carbocycles. The number of aromatic nitrogens is 2. The average molecular weight is 674 g/mol. The molecule has 11 heteroatoms. The van der Waals surface area contributed by atoms with Gasteiger partial charge in [0, 0.05) is 60.8 Å². The lowest BCUT2D eigenvalue weighted by molar-refractivity contribution is -0.0287. The molecule has 4 unspecified atom stereocenters. The van der Waals surface area contributed by atoms with Crippen molar-refractivity contribution in [3.05, 3.63) is 52.6 Å². The highest BCUT2D eigenvalue weighted by Crippen LogP contribution is 2.67. The number of fused-ring (bicyclic) bond motifs is 6. The number of aromatic hydroxyl groups is 1. The number of halogens is 3. The summed E-state index contributed by atoms with van der Waals surface area (Å²) in [6.07, 6.45) is 7.17. The molecule has 7 fully saturated rings. The van der Waals surface area contributed by atoms with Gasteiger partial charge >= 0.3 is 6.01 Å². The molecule has 0 radical (unpaired) electrons. The number of ether oxygens (including phenoxy) is 2. The number of hydrogen-bond acceptors (Lipinski definition) is 8. The van der Waals surface area contributed by atoms with Crippen molar-refractivity contribution in [1.82, 2.24) is 20.2 Å². The van der Waals surface area contributed by atoms with Crippen molar-refractivity contribution in [1.29, 1.82) is 0 Å². The lowest BCUT2D eigenvalue weighted by Crippen LogP contribution is -2.55. The predicted octanol–water partition coefficient (Wildman–Crippen LogP) is 6.32. The van der Waals surface area contributed by atoms with E-state index < -0.39 is 5.82 Å². The van der Waals surface area contributed by atoms with Crippen LogP contribution in [0.1, 0.15) is 50.5 Å². The maximum Gasteiger partial charge on any atom is 0.319 e. The summed E-state index contributed by atoms with van der Waals surface area (Å²) in [5.41, 5.74) is 0.939. The third-order valence-corrected chi connectivity index (χ3v) is 12.4. The zero-order chi connectivity index (χ0) is 32.3. The number of morpholine rings is 1. The third-order valence-electron chi connectivity index (χ3n) is 12.1. The molecule has 250 valence electrons. The smallest absolute Gasteiger partial charge is 0.319 e. The Kier molecular flexibility index (Phi) is 6.69. The van der Waals surface area contributed by atoms with Gasteiger partial charge in [-0.1, -0.05) is 17.7 Å². The van der Waals surface area contributed by atoms with Gasteiger partial charge in [0.25, 0.3) is 0 Å². The van der Waals surface area contributed by atoms with Crippen LogP contribution in [0.4, 0.5) is 14.6 Å². The first-order valence-corrected chi connectivity index (χ1v) is 17.8. The van der Waals surface area contributed by atoms with E-state index in [1.807, 2.05) is 0 Å². The summed E-state index contributed by atoms with van der Waals surface area (Å²) in [4.78, 5) is 14.2. The van der Waals surface area contributed by atoms with Gasteiger partial charge in [-0.05, 0) is 96.9 Å². The van der Waals surface area contributed by atoms with Crippen LogP contribution >= 0.6 is 11.6 Å². The van der Waals surface area contributed by atoms with Crippen LogP contribution in [0.5, 0.6) is 11.8 Å². The van der Waals surface area contributed by atoms with Crippen LogP contribution in [0.25, 0.3) is 32.8 Å². The number of rotatable bonds is 8. The number of benzene rings is 3. The van der Waals surface area contributed by atoms with Crippen molar-refractivity contribution in [3.63, 3.8) is 0 Å².